The van der Waals surface area contributed by atoms with Gasteiger partial charge < -0.3 is 15.0 Å². The summed E-state index contributed by atoms with van der Waals surface area (Å²) in [6.45, 7) is 6.12. The molecular weight excluding hydrogens is 376 g/mol. The van der Waals surface area contributed by atoms with Gasteiger partial charge in [-0.25, -0.2) is 9.97 Å². The van der Waals surface area contributed by atoms with Crippen molar-refractivity contribution in [3.63, 3.8) is 0 Å². The smallest absolute Gasteiger partial charge is 0.225 e. The van der Waals surface area contributed by atoms with E-state index in [-0.39, 0.29) is 17.4 Å². The first-order chi connectivity index (χ1) is 14.5. The van der Waals surface area contributed by atoms with Crippen LogP contribution in [0.3, 0.4) is 0 Å². The molecule has 1 atom stereocenters. The molecule has 30 heavy (non-hydrogen) atoms. The lowest BCUT2D eigenvalue weighted by Crippen LogP contribution is -2.47. The van der Waals surface area contributed by atoms with Crippen LogP contribution < -0.4 is 10.2 Å². The molecule has 2 aliphatic rings. The van der Waals surface area contributed by atoms with E-state index < -0.39 is 0 Å². The van der Waals surface area contributed by atoms with Gasteiger partial charge in [-0.1, -0.05) is 30.3 Å². The number of aromatic nitrogens is 2. The number of ether oxygens (including phenoxy) is 1. The summed E-state index contributed by atoms with van der Waals surface area (Å²) < 4.78 is 5.43. The molecule has 1 aliphatic heterocycles. The zero-order valence-electron chi connectivity index (χ0n) is 18.3. The van der Waals surface area contributed by atoms with Crippen LogP contribution in [0.2, 0.25) is 0 Å². The highest BCUT2D eigenvalue weighted by atomic mass is 16.5. The van der Waals surface area contributed by atoms with Crippen LogP contribution in [0.5, 0.6) is 0 Å². The number of anilines is 1. The second-order valence-electron chi connectivity index (χ2n) is 8.98. The lowest BCUT2D eigenvalue weighted by Gasteiger charge is -2.34. The van der Waals surface area contributed by atoms with Gasteiger partial charge in [0.1, 0.15) is 5.82 Å². The summed E-state index contributed by atoms with van der Waals surface area (Å²) in [6, 6.07) is 10.2. The first-order valence-corrected chi connectivity index (χ1v) is 11.0. The zero-order chi connectivity index (χ0) is 21.1. The second-order valence-corrected chi connectivity index (χ2v) is 8.98. The van der Waals surface area contributed by atoms with Gasteiger partial charge in [-0.05, 0) is 46.0 Å². The van der Waals surface area contributed by atoms with Gasteiger partial charge in [0.15, 0.2) is 5.82 Å². The minimum atomic E-state index is -0.359. The molecular formula is C24H32N4O2. The van der Waals surface area contributed by atoms with Gasteiger partial charge in [-0.3, -0.25) is 4.79 Å². The SMILES string of the molecule is COC(C)(C)CNC(=O)C1CCCN(c2nc(-c3ccccc3)nc3c2CCC3)C1. The van der Waals surface area contributed by atoms with Crippen LogP contribution in [0.15, 0.2) is 30.3 Å². The van der Waals surface area contributed by atoms with E-state index in [2.05, 4.69) is 22.3 Å². The van der Waals surface area contributed by atoms with Crippen molar-refractivity contribution in [2.24, 2.45) is 5.92 Å². The third kappa shape index (κ3) is 4.48. The highest BCUT2D eigenvalue weighted by Crippen LogP contribution is 2.33. The Hall–Kier alpha value is -2.47. The highest BCUT2D eigenvalue weighted by Gasteiger charge is 2.31. The van der Waals surface area contributed by atoms with Crippen molar-refractivity contribution in [2.45, 2.75) is 51.6 Å². The summed E-state index contributed by atoms with van der Waals surface area (Å²) in [4.78, 5) is 25.0. The molecule has 1 amide bonds. The van der Waals surface area contributed by atoms with Crippen LogP contribution in [0.1, 0.15) is 44.4 Å². The monoisotopic (exact) mass is 408 g/mol. The number of carbonyl (C=O) groups excluding carboxylic acids is 1. The predicted molar refractivity (Wildman–Crippen MR) is 119 cm³/mol. The molecule has 4 rings (SSSR count). The summed E-state index contributed by atoms with van der Waals surface area (Å²) in [5, 5.41) is 3.08. The Bertz CT molecular complexity index is 898. The quantitative estimate of drug-likeness (QED) is 0.794. The zero-order valence-corrected chi connectivity index (χ0v) is 18.3. The summed E-state index contributed by atoms with van der Waals surface area (Å²) in [6.07, 6.45) is 5.06. The molecule has 6 nitrogen and oxygen atoms in total. The number of fused-ring (bicyclic) bond motifs is 1. The molecule has 0 bridgehead atoms. The Morgan fingerprint density at radius 3 is 2.77 bits per heavy atom. The van der Waals surface area contributed by atoms with Crippen molar-refractivity contribution in [1.29, 1.82) is 0 Å². The van der Waals surface area contributed by atoms with E-state index in [1.165, 1.54) is 11.3 Å². The maximum absolute atomic E-state index is 12.8. The summed E-state index contributed by atoms with van der Waals surface area (Å²) in [5.41, 5.74) is 3.13. The van der Waals surface area contributed by atoms with Gasteiger partial charge in [0.05, 0.1) is 11.5 Å². The summed E-state index contributed by atoms with van der Waals surface area (Å²) in [7, 11) is 1.68. The lowest BCUT2D eigenvalue weighted by atomic mass is 9.96. The highest BCUT2D eigenvalue weighted by molar-refractivity contribution is 5.79. The molecule has 1 N–H and O–H groups in total. The number of piperidine rings is 1. The van der Waals surface area contributed by atoms with E-state index in [1.807, 2.05) is 32.0 Å². The Morgan fingerprint density at radius 2 is 2.00 bits per heavy atom. The van der Waals surface area contributed by atoms with Gasteiger partial charge in [-0.2, -0.15) is 0 Å². The van der Waals surface area contributed by atoms with Crippen LogP contribution in [0, 0.1) is 5.92 Å². The fourth-order valence-corrected chi connectivity index (χ4v) is 4.29. The number of methoxy groups -OCH3 is 1. The number of rotatable bonds is 6. The van der Waals surface area contributed by atoms with Crippen LogP contribution in [-0.4, -0.2) is 48.2 Å². The van der Waals surface area contributed by atoms with E-state index in [4.69, 9.17) is 14.7 Å². The Labute approximate surface area is 179 Å². The van der Waals surface area contributed by atoms with E-state index in [9.17, 15) is 4.79 Å². The number of nitrogens with one attached hydrogen (secondary N) is 1. The first-order valence-electron chi connectivity index (χ1n) is 11.0. The van der Waals surface area contributed by atoms with Gasteiger partial charge >= 0.3 is 0 Å². The van der Waals surface area contributed by atoms with Crippen LogP contribution >= 0.6 is 0 Å². The fraction of sp³-hybridized carbons (Fsp3) is 0.542. The van der Waals surface area contributed by atoms with E-state index in [0.29, 0.717) is 13.1 Å². The van der Waals surface area contributed by atoms with Crippen molar-refractivity contribution in [3.05, 3.63) is 41.6 Å². The number of hydrogen-bond donors (Lipinski definition) is 1. The number of hydrogen-bond acceptors (Lipinski definition) is 5. The summed E-state index contributed by atoms with van der Waals surface area (Å²) in [5.74, 6) is 1.91. The van der Waals surface area contributed by atoms with Gasteiger partial charge in [0.25, 0.3) is 0 Å². The molecule has 0 radical (unpaired) electrons. The summed E-state index contributed by atoms with van der Waals surface area (Å²) >= 11 is 0. The molecule has 6 heteroatoms. The van der Waals surface area contributed by atoms with Gasteiger partial charge in [-0.15, -0.1) is 0 Å². The Kier molecular flexibility index (Phi) is 6.04. The molecule has 1 unspecified atom stereocenters. The molecule has 1 aromatic heterocycles. The fourth-order valence-electron chi connectivity index (χ4n) is 4.29. The van der Waals surface area contributed by atoms with Gasteiger partial charge in [0, 0.05) is 43.6 Å². The standard InChI is InChI=1S/C24H32N4O2/c1-24(2,30-3)16-25-23(29)18-11-8-14-28(15-18)22-19-12-7-13-20(19)26-21(27-22)17-9-5-4-6-10-17/h4-6,9-10,18H,7-8,11-16H2,1-3H3,(H,25,29). The third-order valence-electron chi connectivity index (χ3n) is 6.28. The van der Waals surface area contributed by atoms with Crippen molar-refractivity contribution in [3.8, 4) is 11.4 Å². The average molecular weight is 409 g/mol. The largest absolute Gasteiger partial charge is 0.377 e. The van der Waals surface area contributed by atoms with Crippen LogP contribution in [-0.2, 0) is 22.4 Å². The molecule has 1 fully saturated rings. The Morgan fingerprint density at radius 1 is 1.20 bits per heavy atom. The maximum Gasteiger partial charge on any atom is 0.225 e. The Balaban J connectivity index is 1.55. The number of amides is 1. The average Bonchev–Trinajstić information content (AvgIpc) is 3.26. The van der Waals surface area contributed by atoms with Crippen LogP contribution in [0.4, 0.5) is 5.82 Å². The molecule has 1 saturated heterocycles. The van der Waals surface area contributed by atoms with Crippen molar-refractivity contribution < 1.29 is 9.53 Å². The predicted octanol–water partition coefficient (Wildman–Crippen LogP) is 3.39. The number of benzene rings is 1. The molecule has 160 valence electrons. The normalized spacial score (nSPS) is 18.9. The molecule has 0 saturated carbocycles. The van der Waals surface area contributed by atoms with Crippen molar-refractivity contribution >= 4 is 11.7 Å². The van der Waals surface area contributed by atoms with Gasteiger partial charge in [0.2, 0.25) is 5.91 Å². The lowest BCUT2D eigenvalue weighted by molar-refractivity contribution is -0.126. The van der Waals surface area contributed by atoms with E-state index >= 15 is 0 Å². The number of aryl methyl sites for hydroxylation is 1. The minimum Gasteiger partial charge on any atom is -0.377 e. The van der Waals surface area contributed by atoms with Crippen molar-refractivity contribution in [2.75, 3.05) is 31.6 Å². The van der Waals surface area contributed by atoms with Crippen molar-refractivity contribution in [1.82, 2.24) is 15.3 Å². The van der Waals surface area contributed by atoms with Crippen LogP contribution in [0.25, 0.3) is 11.4 Å². The maximum atomic E-state index is 12.8. The number of nitrogens with zero attached hydrogens (tertiary/aromatic N) is 3. The topological polar surface area (TPSA) is 67.3 Å². The second kappa shape index (κ2) is 8.72. The number of carbonyl (C=O) groups is 1. The molecule has 2 heterocycles. The molecule has 1 aliphatic carbocycles. The first kappa shape index (κ1) is 20.8. The third-order valence-corrected chi connectivity index (χ3v) is 6.28. The van der Waals surface area contributed by atoms with E-state index in [1.54, 1.807) is 7.11 Å². The minimum absolute atomic E-state index is 0.0291. The molecule has 2 aromatic rings. The molecule has 0 spiro atoms. The van der Waals surface area contributed by atoms with E-state index in [0.717, 1.165) is 55.9 Å². The molecule has 1 aromatic carbocycles.